The number of sulfone groups is 1. The first-order chi connectivity index (χ1) is 20.0. The zero-order chi connectivity index (χ0) is 32.3. The molecule has 0 aromatic heterocycles. The van der Waals surface area contributed by atoms with Crippen molar-refractivity contribution < 1.29 is 8.42 Å². The van der Waals surface area contributed by atoms with Gasteiger partial charge in [0, 0.05) is 0 Å². The summed E-state index contributed by atoms with van der Waals surface area (Å²) in [6.45, 7) is 21.9. The molecule has 0 saturated heterocycles. The number of hydrogen-bond acceptors (Lipinski definition) is 2. The Morgan fingerprint density at radius 3 is 1.35 bits per heavy atom. The van der Waals surface area contributed by atoms with Crippen LogP contribution in [-0.2, 0) is 9.84 Å². The Kier molecular flexibility index (Phi) is 14.0. The molecule has 2 rings (SSSR count). The van der Waals surface area contributed by atoms with Gasteiger partial charge in [-0.15, -0.1) is 0 Å². The summed E-state index contributed by atoms with van der Waals surface area (Å²) in [5.74, 6) is 0.0778. The molecular weight excluding hydrogens is 545 g/mol. The first-order valence-electron chi connectivity index (χ1n) is 16.0. The second-order valence-corrected chi connectivity index (χ2v) is 16.2. The van der Waals surface area contributed by atoms with E-state index in [-0.39, 0.29) is 22.3 Å². The first-order valence-corrected chi connectivity index (χ1v) is 17.8. The molecule has 0 aromatic rings. The van der Waals surface area contributed by atoms with E-state index in [0.29, 0.717) is 0 Å². The van der Waals surface area contributed by atoms with Crippen molar-refractivity contribution in [1.82, 2.24) is 0 Å². The SMILES string of the molecule is CC(C=CC1=C(C)CCCC1(C)C)=CC=CC(C)=CCS(=O)(=O)CC=C(C)C=CC=C(C)C=CC1=C(C)CCCC1(C)C. The molecule has 0 N–H and O–H groups in total. The zero-order valence-electron chi connectivity index (χ0n) is 28.8. The van der Waals surface area contributed by atoms with Gasteiger partial charge in [0.15, 0.2) is 9.84 Å². The van der Waals surface area contributed by atoms with Crippen molar-refractivity contribution in [2.24, 2.45) is 10.8 Å². The minimum Gasteiger partial charge on any atom is -0.228 e. The summed E-state index contributed by atoms with van der Waals surface area (Å²) in [6, 6.07) is 0. The van der Waals surface area contributed by atoms with E-state index in [1.165, 1.54) is 72.0 Å². The third-order valence-electron chi connectivity index (χ3n) is 8.87. The fraction of sp³-hybridized carbons (Fsp3) is 0.500. The zero-order valence-corrected chi connectivity index (χ0v) is 29.6. The van der Waals surface area contributed by atoms with Gasteiger partial charge in [-0.1, -0.05) is 134 Å². The maximum Gasteiger partial charge on any atom is 0.157 e. The molecule has 0 saturated carbocycles. The molecule has 2 aliphatic rings. The predicted molar refractivity (Wildman–Crippen MR) is 191 cm³/mol. The van der Waals surface area contributed by atoms with E-state index < -0.39 is 9.84 Å². The molecule has 0 radical (unpaired) electrons. The molecule has 3 heteroatoms. The van der Waals surface area contributed by atoms with Gasteiger partial charge in [0.2, 0.25) is 0 Å². The van der Waals surface area contributed by atoms with Crippen LogP contribution < -0.4 is 0 Å². The van der Waals surface area contributed by atoms with E-state index in [4.69, 9.17) is 0 Å². The lowest BCUT2D eigenvalue weighted by Crippen LogP contribution is -2.19. The number of hydrogen-bond donors (Lipinski definition) is 0. The molecule has 0 unspecified atom stereocenters. The highest BCUT2D eigenvalue weighted by molar-refractivity contribution is 7.91. The Hall–Kier alpha value is -2.65. The predicted octanol–water partition coefficient (Wildman–Crippen LogP) is 11.5. The van der Waals surface area contributed by atoms with Crippen LogP contribution in [0.5, 0.6) is 0 Å². The standard InChI is InChI=1S/C40H58O2S/c1-31(21-23-37-35(5)19-13-27-39(37,7)8)15-11-17-33(3)25-29-43(41,42)30-26-34(4)18-12-16-32(2)22-24-38-36(6)20-14-28-40(38,9)10/h11-12,15-18,21-26H,13-14,19-20,27-30H2,1-10H3. The monoisotopic (exact) mass is 602 g/mol. The Balaban J connectivity index is 1.90. The molecule has 0 heterocycles. The lowest BCUT2D eigenvalue weighted by atomic mass is 9.72. The molecule has 0 fully saturated rings. The molecular formula is C40H58O2S. The van der Waals surface area contributed by atoms with Gasteiger partial charge in [-0.2, -0.15) is 0 Å². The van der Waals surface area contributed by atoms with Crippen LogP contribution in [0.2, 0.25) is 0 Å². The van der Waals surface area contributed by atoms with Crippen LogP contribution in [0.15, 0.2) is 117 Å². The van der Waals surface area contributed by atoms with Crippen LogP contribution in [0.1, 0.15) is 108 Å². The highest BCUT2D eigenvalue weighted by Gasteiger charge is 2.27. The van der Waals surface area contributed by atoms with Gasteiger partial charge >= 0.3 is 0 Å². The Bertz CT molecular complexity index is 1300. The van der Waals surface area contributed by atoms with E-state index in [2.05, 4.69) is 91.8 Å². The molecule has 43 heavy (non-hydrogen) atoms. The van der Waals surface area contributed by atoms with Crippen molar-refractivity contribution in [2.45, 2.75) is 108 Å². The van der Waals surface area contributed by atoms with Crippen molar-refractivity contribution in [2.75, 3.05) is 11.5 Å². The van der Waals surface area contributed by atoms with E-state index in [9.17, 15) is 8.42 Å². The fourth-order valence-corrected chi connectivity index (χ4v) is 7.16. The van der Waals surface area contributed by atoms with Crippen molar-refractivity contribution in [1.29, 1.82) is 0 Å². The second kappa shape index (κ2) is 16.4. The van der Waals surface area contributed by atoms with Gasteiger partial charge in [-0.25, -0.2) is 8.42 Å². The topological polar surface area (TPSA) is 34.1 Å². The van der Waals surface area contributed by atoms with Crippen molar-refractivity contribution in [3.8, 4) is 0 Å². The van der Waals surface area contributed by atoms with Gasteiger partial charge < -0.3 is 0 Å². The molecule has 2 aliphatic carbocycles. The van der Waals surface area contributed by atoms with Crippen LogP contribution in [-0.4, -0.2) is 19.9 Å². The maximum absolute atomic E-state index is 12.6. The summed E-state index contributed by atoms with van der Waals surface area (Å²) in [7, 11) is -3.21. The van der Waals surface area contributed by atoms with Crippen LogP contribution in [0.4, 0.5) is 0 Å². The largest absolute Gasteiger partial charge is 0.228 e. The van der Waals surface area contributed by atoms with Gasteiger partial charge in [-0.05, 0) is 102 Å². The summed E-state index contributed by atoms with van der Waals surface area (Å²) < 4.78 is 25.3. The summed E-state index contributed by atoms with van der Waals surface area (Å²) in [5.41, 5.74) is 10.6. The van der Waals surface area contributed by atoms with Gasteiger partial charge in [0.05, 0.1) is 11.5 Å². The average Bonchev–Trinajstić information content (AvgIpc) is 2.89. The van der Waals surface area contributed by atoms with Crippen LogP contribution in [0, 0.1) is 10.8 Å². The van der Waals surface area contributed by atoms with E-state index in [1.54, 1.807) is 12.2 Å². The molecule has 0 spiro atoms. The number of rotatable bonds is 12. The normalized spacial score (nSPS) is 21.4. The maximum atomic E-state index is 12.6. The van der Waals surface area contributed by atoms with Crippen molar-refractivity contribution in [3.05, 3.63) is 117 Å². The third kappa shape index (κ3) is 12.9. The second-order valence-electron chi connectivity index (χ2n) is 14.0. The quantitative estimate of drug-likeness (QED) is 0.208. The first kappa shape index (κ1) is 36.5. The van der Waals surface area contributed by atoms with Crippen LogP contribution >= 0.6 is 0 Å². The van der Waals surface area contributed by atoms with Gasteiger partial charge in [-0.3, -0.25) is 0 Å². The average molecular weight is 603 g/mol. The van der Waals surface area contributed by atoms with Gasteiger partial charge in [0.1, 0.15) is 0 Å². The minimum absolute atomic E-state index is 0.0389. The molecule has 0 atom stereocenters. The van der Waals surface area contributed by atoms with Crippen LogP contribution in [0.3, 0.4) is 0 Å². The smallest absolute Gasteiger partial charge is 0.157 e. The van der Waals surface area contributed by atoms with Crippen LogP contribution in [0.25, 0.3) is 0 Å². The summed E-state index contributed by atoms with van der Waals surface area (Å²) in [5, 5.41) is 0. The van der Waals surface area contributed by atoms with Gasteiger partial charge in [0.25, 0.3) is 0 Å². The Morgan fingerprint density at radius 2 is 1.00 bits per heavy atom. The molecule has 2 nitrogen and oxygen atoms in total. The van der Waals surface area contributed by atoms with E-state index in [1.807, 2.05) is 38.2 Å². The highest BCUT2D eigenvalue weighted by Crippen LogP contribution is 2.41. The highest BCUT2D eigenvalue weighted by atomic mass is 32.2. The molecule has 0 aromatic carbocycles. The van der Waals surface area contributed by atoms with Crippen molar-refractivity contribution in [3.63, 3.8) is 0 Å². The Labute approximate surface area is 265 Å². The van der Waals surface area contributed by atoms with Crippen molar-refractivity contribution >= 4 is 9.84 Å². The molecule has 0 amide bonds. The number of allylic oxidation sites excluding steroid dienone is 18. The summed E-state index contributed by atoms with van der Waals surface area (Å²) >= 11 is 0. The molecule has 0 bridgehead atoms. The molecule has 0 aliphatic heterocycles. The Morgan fingerprint density at radius 1 is 0.628 bits per heavy atom. The van der Waals surface area contributed by atoms with E-state index in [0.717, 1.165) is 11.1 Å². The summed E-state index contributed by atoms with van der Waals surface area (Å²) in [6.07, 6.45) is 32.0. The lowest BCUT2D eigenvalue weighted by Gasteiger charge is -2.33. The van der Waals surface area contributed by atoms with E-state index >= 15 is 0 Å². The minimum atomic E-state index is -3.21. The fourth-order valence-electron chi connectivity index (χ4n) is 5.99. The summed E-state index contributed by atoms with van der Waals surface area (Å²) in [4.78, 5) is 0. The third-order valence-corrected chi connectivity index (χ3v) is 10.2. The lowest BCUT2D eigenvalue weighted by molar-refractivity contribution is 0.376. The molecule has 236 valence electrons.